The van der Waals surface area contributed by atoms with Crippen LogP contribution in [0.1, 0.15) is 52.5 Å². The van der Waals surface area contributed by atoms with Gasteiger partial charge in [0.1, 0.15) is 5.82 Å². The highest BCUT2D eigenvalue weighted by atomic mass is 32.2. The van der Waals surface area contributed by atoms with Gasteiger partial charge in [-0.15, -0.1) is 0 Å². The van der Waals surface area contributed by atoms with Crippen molar-refractivity contribution in [2.45, 2.75) is 70.4 Å². The van der Waals surface area contributed by atoms with Gasteiger partial charge in [0.15, 0.2) is 0 Å². The minimum atomic E-state index is -3.52. The molecule has 29 heavy (non-hydrogen) atoms. The van der Waals surface area contributed by atoms with Crippen LogP contribution >= 0.6 is 0 Å². The van der Waals surface area contributed by atoms with E-state index in [1.54, 1.807) is 28.7 Å². The fraction of sp³-hybridized carbons (Fsp3) is 0.524. The third-order valence-electron chi connectivity index (χ3n) is 4.90. The van der Waals surface area contributed by atoms with Crippen molar-refractivity contribution in [2.75, 3.05) is 17.2 Å². The lowest BCUT2D eigenvalue weighted by Gasteiger charge is -2.32. The largest absolute Gasteiger partial charge is 0.350 e. The minimum Gasteiger partial charge on any atom is -0.350 e. The third-order valence-corrected chi connectivity index (χ3v) is 6.91. The van der Waals surface area contributed by atoms with Crippen molar-refractivity contribution in [2.24, 2.45) is 0 Å². The fourth-order valence-electron chi connectivity index (χ4n) is 3.40. The van der Waals surface area contributed by atoms with Crippen molar-refractivity contribution in [3.05, 3.63) is 36.0 Å². The Hall–Kier alpha value is -2.19. The van der Waals surface area contributed by atoms with Crippen LogP contribution in [0.2, 0.25) is 0 Å². The maximum Gasteiger partial charge on any atom is 0.243 e. The molecule has 0 bridgehead atoms. The van der Waals surface area contributed by atoms with Crippen LogP contribution in [-0.4, -0.2) is 40.8 Å². The molecule has 1 atom stereocenters. The molecule has 1 aliphatic heterocycles. The van der Waals surface area contributed by atoms with E-state index < -0.39 is 10.0 Å². The average molecular weight is 418 g/mol. The summed E-state index contributed by atoms with van der Waals surface area (Å²) < 4.78 is 27.9. The lowest BCUT2D eigenvalue weighted by molar-refractivity contribution is 0.268. The second-order valence-electron chi connectivity index (χ2n) is 8.71. The van der Waals surface area contributed by atoms with Gasteiger partial charge < -0.3 is 10.6 Å². The van der Waals surface area contributed by atoms with Crippen molar-refractivity contribution < 1.29 is 8.42 Å². The van der Waals surface area contributed by atoms with Crippen LogP contribution in [-0.2, 0) is 10.0 Å². The van der Waals surface area contributed by atoms with Gasteiger partial charge in [-0.05, 0) is 65.7 Å². The van der Waals surface area contributed by atoms with E-state index in [0.29, 0.717) is 28.9 Å². The molecular weight excluding hydrogens is 386 g/mol. The van der Waals surface area contributed by atoms with Crippen LogP contribution in [0.25, 0.3) is 0 Å². The Morgan fingerprint density at radius 3 is 2.66 bits per heavy atom. The Balaban J connectivity index is 1.86. The van der Waals surface area contributed by atoms with E-state index in [1.165, 1.54) is 0 Å². The summed E-state index contributed by atoms with van der Waals surface area (Å²) in [6.07, 6.45) is 4.64. The smallest absolute Gasteiger partial charge is 0.243 e. The number of piperidine rings is 1. The zero-order valence-corrected chi connectivity index (χ0v) is 18.7. The van der Waals surface area contributed by atoms with Gasteiger partial charge in [0, 0.05) is 35.6 Å². The van der Waals surface area contributed by atoms with E-state index in [1.807, 2.05) is 40.7 Å². The molecule has 1 aromatic carbocycles. The summed E-state index contributed by atoms with van der Waals surface area (Å²) in [6, 6.07) is 6.96. The van der Waals surface area contributed by atoms with Gasteiger partial charge in [-0.3, -0.25) is 0 Å². The predicted molar refractivity (Wildman–Crippen MR) is 117 cm³/mol. The molecular formula is C21H31N5O2S. The molecule has 1 fully saturated rings. The zero-order chi connectivity index (χ0) is 21.2. The number of sulfonamides is 1. The molecule has 1 saturated heterocycles. The first-order valence-corrected chi connectivity index (χ1v) is 11.5. The van der Waals surface area contributed by atoms with Crippen LogP contribution < -0.4 is 10.6 Å². The summed E-state index contributed by atoms with van der Waals surface area (Å²) in [7, 11) is -3.52. The first-order valence-electron chi connectivity index (χ1n) is 10.1. The summed E-state index contributed by atoms with van der Waals surface area (Å²) in [6.45, 7) is 10.6. The molecule has 3 rings (SSSR count). The second-order valence-corrected chi connectivity index (χ2v) is 10.6. The monoisotopic (exact) mass is 417 g/mol. The Labute approximate surface area is 174 Å². The number of benzene rings is 1. The summed E-state index contributed by atoms with van der Waals surface area (Å²) in [4.78, 5) is 9.18. The van der Waals surface area contributed by atoms with Gasteiger partial charge in [-0.25, -0.2) is 13.4 Å². The van der Waals surface area contributed by atoms with Crippen molar-refractivity contribution in [3.63, 3.8) is 0 Å². The van der Waals surface area contributed by atoms with E-state index in [-0.39, 0.29) is 11.6 Å². The summed E-state index contributed by atoms with van der Waals surface area (Å²) >= 11 is 0. The SMILES string of the molecule is Cc1cnc(NC(C)(C)C)nc1Nc1cccc(S(=O)(=O)N2CCCCC2C)c1. The Kier molecular flexibility index (Phi) is 6.14. The van der Waals surface area contributed by atoms with E-state index in [0.717, 1.165) is 24.8 Å². The van der Waals surface area contributed by atoms with E-state index in [4.69, 9.17) is 0 Å². The van der Waals surface area contributed by atoms with Crippen molar-refractivity contribution >= 4 is 27.5 Å². The number of nitrogens with one attached hydrogen (secondary N) is 2. The van der Waals surface area contributed by atoms with Crippen molar-refractivity contribution in [3.8, 4) is 0 Å². The van der Waals surface area contributed by atoms with Gasteiger partial charge in [-0.2, -0.15) is 9.29 Å². The molecule has 0 radical (unpaired) electrons. The highest BCUT2D eigenvalue weighted by molar-refractivity contribution is 7.89. The molecule has 158 valence electrons. The summed E-state index contributed by atoms with van der Waals surface area (Å²) in [5.74, 6) is 1.17. The molecule has 0 spiro atoms. The first kappa shape index (κ1) is 21.5. The number of aryl methyl sites for hydroxylation is 1. The van der Waals surface area contributed by atoms with Crippen LogP contribution in [0.3, 0.4) is 0 Å². The van der Waals surface area contributed by atoms with Gasteiger partial charge in [0.2, 0.25) is 16.0 Å². The number of anilines is 3. The molecule has 1 unspecified atom stereocenters. The topological polar surface area (TPSA) is 87.2 Å². The van der Waals surface area contributed by atoms with Gasteiger partial charge in [0.05, 0.1) is 4.90 Å². The fourth-order valence-corrected chi connectivity index (χ4v) is 5.15. The Morgan fingerprint density at radius 2 is 1.97 bits per heavy atom. The summed E-state index contributed by atoms with van der Waals surface area (Å²) in [5.41, 5.74) is 1.40. The van der Waals surface area contributed by atoms with Crippen LogP contribution in [0, 0.1) is 6.92 Å². The third kappa shape index (κ3) is 5.25. The molecule has 2 aromatic rings. The molecule has 8 heteroatoms. The van der Waals surface area contributed by atoms with Crippen LogP contribution in [0.15, 0.2) is 35.4 Å². The number of aromatic nitrogens is 2. The molecule has 1 aromatic heterocycles. The second kappa shape index (κ2) is 8.28. The molecule has 0 aliphatic carbocycles. The van der Waals surface area contributed by atoms with E-state index in [2.05, 4.69) is 20.6 Å². The quantitative estimate of drug-likeness (QED) is 0.754. The number of nitrogens with zero attached hydrogens (tertiary/aromatic N) is 3. The highest BCUT2D eigenvalue weighted by Gasteiger charge is 2.31. The van der Waals surface area contributed by atoms with Crippen molar-refractivity contribution in [1.82, 2.24) is 14.3 Å². The van der Waals surface area contributed by atoms with Gasteiger partial charge in [-0.1, -0.05) is 12.5 Å². The number of rotatable bonds is 5. The molecule has 0 amide bonds. The molecule has 7 nitrogen and oxygen atoms in total. The standard InChI is InChI=1S/C21H31N5O2S/c1-15-14-22-20(25-21(3,4)5)24-19(15)23-17-10-8-11-18(13-17)29(27,28)26-12-7-6-9-16(26)2/h8,10-11,13-14,16H,6-7,9,12H2,1-5H3,(H2,22,23,24,25). The highest BCUT2D eigenvalue weighted by Crippen LogP contribution is 2.28. The zero-order valence-electron chi connectivity index (χ0n) is 17.9. The maximum atomic E-state index is 13.1. The van der Waals surface area contributed by atoms with Gasteiger partial charge in [0.25, 0.3) is 0 Å². The normalized spacial score (nSPS) is 18.4. The summed E-state index contributed by atoms with van der Waals surface area (Å²) in [5, 5.41) is 6.50. The van der Waals surface area contributed by atoms with Crippen LogP contribution in [0.4, 0.5) is 17.5 Å². The lowest BCUT2D eigenvalue weighted by atomic mass is 10.1. The molecule has 2 N–H and O–H groups in total. The maximum absolute atomic E-state index is 13.1. The van der Waals surface area contributed by atoms with E-state index >= 15 is 0 Å². The average Bonchev–Trinajstić information content (AvgIpc) is 2.64. The molecule has 0 saturated carbocycles. The van der Waals surface area contributed by atoms with Crippen molar-refractivity contribution in [1.29, 1.82) is 0 Å². The lowest BCUT2D eigenvalue weighted by Crippen LogP contribution is -2.41. The first-order chi connectivity index (χ1) is 13.6. The predicted octanol–water partition coefficient (Wildman–Crippen LogP) is 4.30. The Morgan fingerprint density at radius 1 is 1.21 bits per heavy atom. The minimum absolute atomic E-state index is 0.0282. The number of hydrogen-bond donors (Lipinski definition) is 2. The van der Waals surface area contributed by atoms with Crippen LogP contribution in [0.5, 0.6) is 0 Å². The molecule has 2 heterocycles. The number of hydrogen-bond acceptors (Lipinski definition) is 6. The van der Waals surface area contributed by atoms with E-state index in [9.17, 15) is 8.42 Å². The Bertz CT molecular complexity index is 969. The molecule has 1 aliphatic rings. The van der Waals surface area contributed by atoms with Gasteiger partial charge >= 0.3 is 0 Å².